The summed E-state index contributed by atoms with van der Waals surface area (Å²) in [5.41, 5.74) is 1.34. The van der Waals surface area contributed by atoms with Gasteiger partial charge >= 0.3 is 6.18 Å². The van der Waals surface area contributed by atoms with Gasteiger partial charge < -0.3 is 10.0 Å². The van der Waals surface area contributed by atoms with Crippen LogP contribution in [0, 0.1) is 5.82 Å². The molecule has 0 aliphatic heterocycles. The summed E-state index contributed by atoms with van der Waals surface area (Å²) >= 11 is 0. The average molecular weight is 446 g/mol. The van der Waals surface area contributed by atoms with E-state index in [0.29, 0.717) is 11.4 Å². The lowest BCUT2D eigenvalue weighted by molar-refractivity contribution is -0.137. The Morgan fingerprint density at radius 1 is 1.03 bits per heavy atom. The highest BCUT2D eigenvalue weighted by molar-refractivity contribution is 5.97. The Hall–Kier alpha value is -3.26. The van der Waals surface area contributed by atoms with Gasteiger partial charge in [-0.05, 0) is 53.9 Å². The molecule has 1 amide bonds. The molecule has 0 saturated heterocycles. The predicted molar refractivity (Wildman–Crippen MR) is 112 cm³/mol. The third-order valence-corrected chi connectivity index (χ3v) is 5.09. The largest absolute Gasteiger partial charge is 0.417 e. The summed E-state index contributed by atoms with van der Waals surface area (Å²) in [4.78, 5) is 18.3. The number of nitrogens with zero attached hydrogens (tertiary/aromatic N) is 2. The van der Waals surface area contributed by atoms with E-state index < -0.39 is 29.6 Å². The van der Waals surface area contributed by atoms with Crippen LogP contribution in [0.25, 0.3) is 0 Å². The second kappa shape index (κ2) is 9.91. The quantitative estimate of drug-likeness (QED) is 0.513. The molecule has 0 spiro atoms. The molecule has 0 aliphatic rings. The molecule has 0 saturated carbocycles. The molecule has 1 heterocycles. The van der Waals surface area contributed by atoms with Gasteiger partial charge in [-0.2, -0.15) is 13.2 Å². The number of aryl methyl sites for hydroxylation is 1. The van der Waals surface area contributed by atoms with E-state index in [1.54, 1.807) is 12.1 Å². The fourth-order valence-electron chi connectivity index (χ4n) is 3.18. The van der Waals surface area contributed by atoms with Crippen LogP contribution in [0.15, 0.2) is 66.9 Å². The molecule has 0 bridgehead atoms. The fourth-order valence-corrected chi connectivity index (χ4v) is 3.18. The zero-order valence-corrected chi connectivity index (χ0v) is 17.3. The molecule has 3 rings (SSSR count). The first-order chi connectivity index (χ1) is 15.2. The third-order valence-electron chi connectivity index (χ3n) is 5.09. The lowest BCUT2D eigenvalue weighted by Crippen LogP contribution is -2.37. The summed E-state index contributed by atoms with van der Waals surface area (Å²) in [5, 5.41) is 10.6. The van der Waals surface area contributed by atoms with Crippen LogP contribution in [0.2, 0.25) is 0 Å². The smallest absolute Gasteiger partial charge is 0.378 e. The highest BCUT2D eigenvalue weighted by Crippen LogP contribution is 2.28. The summed E-state index contributed by atoms with van der Waals surface area (Å²) in [6.07, 6.45) is -4.27. The van der Waals surface area contributed by atoms with Gasteiger partial charge in [0.05, 0.1) is 5.56 Å². The maximum Gasteiger partial charge on any atom is 0.417 e. The molecule has 4 nitrogen and oxygen atoms in total. The zero-order valence-electron chi connectivity index (χ0n) is 17.3. The molecule has 1 aromatic heterocycles. The monoisotopic (exact) mass is 446 g/mol. The Morgan fingerprint density at radius 2 is 1.69 bits per heavy atom. The van der Waals surface area contributed by atoms with Crippen LogP contribution in [-0.4, -0.2) is 22.5 Å². The number of aliphatic hydroxyl groups excluding tert-OH is 1. The molecule has 32 heavy (non-hydrogen) atoms. The Kier molecular flexibility index (Phi) is 7.25. The van der Waals surface area contributed by atoms with Gasteiger partial charge in [0.1, 0.15) is 5.82 Å². The highest BCUT2D eigenvalue weighted by atomic mass is 19.4. The van der Waals surface area contributed by atoms with Crippen molar-refractivity contribution in [1.82, 2.24) is 4.98 Å². The predicted octanol–water partition coefficient (Wildman–Crippen LogP) is 5.11. The van der Waals surface area contributed by atoms with E-state index in [0.717, 1.165) is 36.4 Å². The molecule has 0 radical (unpaired) electrons. The van der Waals surface area contributed by atoms with Gasteiger partial charge in [-0.3, -0.25) is 9.78 Å². The number of carbonyl (C=O) groups is 1. The van der Waals surface area contributed by atoms with Crippen LogP contribution < -0.4 is 4.90 Å². The van der Waals surface area contributed by atoms with E-state index in [2.05, 4.69) is 4.98 Å². The van der Waals surface area contributed by atoms with Crippen molar-refractivity contribution < 1.29 is 27.5 Å². The molecule has 2 aromatic carbocycles. The van der Waals surface area contributed by atoms with Gasteiger partial charge in [-0.25, -0.2) is 4.39 Å². The average Bonchev–Trinajstić information content (AvgIpc) is 2.79. The van der Waals surface area contributed by atoms with E-state index in [-0.39, 0.29) is 18.5 Å². The lowest BCUT2D eigenvalue weighted by atomic mass is 10.1. The SMILES string of the molecule is CCc1ccc(N(CCc2ccc(C(F)(F)F)cn2)C(=O)[C@@H](O)c2ccc(F)cc2)cc1. The van der Waals surface area contributed by atoms with Gasteiger partial charge in [-0.1, -0.05) is 31.2 Å². The van der Waals surface area contributed by atoms with Crippen molar-refractivity contribution in [2.45, 2.75) is 32.0 Å². The lowest BCUT2D eigenvalue weighted by Gasteiger charge is -2.26. The molecule has 1 atom stereocenters. The van der Waals surface area contributed by atoms with Crippen LogP contribution in [-0.2, 0) is 23.8 Å². The van der Waals surface area contributed by atoms with Crippen LogP contribution >= 0.6 is 0 Å². The number of rotatable bonds is 7. The molecule has 168 valence electrons. The summed E-state index contributed by atoms with van der Waals surface area (Å²) in [5.74, 6) is -1.12. The number of hydrogen-bond donors (Lipinski definition) is 1. The number of aromatic nitrogens is 1. The molecule has 8 heteroatoms. The highest BCUT2D eigenvalue weighted by Gasteiger charge is 2.31. The van der Waals surface area contributed by atoms with Crippen molar-refractivity contribution in [3.05, 3.63) is 95.1 Å². The summed E-state index contributed by atoms with van der Waals surface area (Å²) in [7, 11) is 0. The molecule has 3 aromatic rings. The minimum Gasteiger partial charge on any atom is -0.378 e. The van der Waals surface area contributed by atoms with Crippen LogP contribution in [0.3, 0.4) is 0 Å². The topological polar surface area (TPSA) is 53.4 Å². The second-order valence-corrected chi connectivity index (χ2v) is 7.25. The first-order valence-corrected chi connectivity index (χ1v) is 10.0. The molecular formula is C24H22F4N2O2. The maximum absolute atomic E-state index is 13.2. The minimum atomic E-state index is -4.48. The summed E-state index contributed by atoms with van der Waals surface area (Å²) in [6, 6.07) is 14.4. The van der Waals surface area contributed by atoms with E-state index >= 15 is 0 Å². The standard InChI is InChI=1S/C24H22F4N2O2/c1-2-16-3-11-21(12-4-16)30(23(32)22(31)17-5-8-19(25)9-6-17)14-13-20-10-7-18(15-29-20)24(26,27)28/h3-12,15,22,31H,2,13-14H2,1H3/t22-/m0/s1. The Labute approximate surface area is 183 Å². The number of hydrogen-bond acceptors (Lipinski definition) is 3. The van der Waals surface area contributed by atoms with E-state index in [4.69, 9.17) is 0 Å². The Bertz CT molecular complexity index is 1030. The van der Waals surface area contributed by atoms with Crippen molar-refractivity contribution in [1.29, 1.82) is 0 Å². The second-order valence-electron chi connectivity index (χ2n) is 7.25. The first-order valence-electron chi connectivity index (χ1n) is 10.0. The number of benzene rings is 2. The van der Waals surface area contributed by atoms with E-state index in [9.17, 15) is 27.5 Å². The van der Waals surface area contributed by atoms with Crippen molar-refractivity contribution in [3.63, 3.8) is 0 Å². The Morgan fingerprint density at radius 3 is 2.22 bits per heavy atom. The van der Waals surface area contributed by atoms with Crippen molar-refractivity contribution >= 4 is 11.6 Å². The number of pyridine rings is 1. The van der Waals surface area contributed by atoms with Gasteiger partial charge in [0, 0.05) is 30.5 Å². The van der Waals surface area contributed by atoms with E-state index in [1.807, 2.05) is 19.1 Å². The number of alkyl halides is 3. The van der Waals surface area contributed by atoms with Gasteiger partial charge in [0.25, 0.3) is 5.91 Å². The third kappa shape index (κ3) is 5.70. The molecule has 0 fully saturated rings. The van der Waals surface area contributed by atoms with E-state index in [1.165, 1.54) is 23.1 Å². The van der Waals surface area contributed by atoms with Crippen LogP contribution in [0.4, 0.5) is 23.2 Å². The fraction of sp³-hybridized carbons (Fsp3) is 0.250. The van der Waals surface area contributed by atoms with Crippen LogP contribution in [0.5, 0.6) is 0 Å². The maximum atomic E-state index is 13.2. The summed E-state index contributed by atoms with van der Waals surface area (Å²) < 4.78 is 51.5. The molecule has 0 aliphatic carbocycles. The van der Waals surface area contributed by atoms with Crippen molar-refractivity contribution in [2.75, 3.05) is 11.4 Å². The molecule has 1 N–H and O–H groups in total. The number of halogens is 4. The van der Waals surface area contributed by atoms with Crippen molar-refractivity contribution in [3.8, 4) is 0 Å². The minimum absolute atomic E-state index is 0.0843. The Balaban J connectivity index is 1.83. The van der Waals surface area contributed by atoms with Gasteiger partial charge in [-0.15, -0.1) is 0 Å². The zero-order chi connectivity index (χ0) is 23.3. The van der Waals surface area contributed by atoms with Crippen molar-refractivity contribution in [2.24, 2.45) is 0 Å². The molecular weight excluding hydrogens is 424 g/mol. The summed E-state index contributed by atoms with van der Waals surface area (Å²) in [6.45, 7) is 2.08. The number of anilines is 1. The number of amides is 1. The number of carbonyl (C=O) groups excluding carboxylic acids is 1. The van der Waals surface area contributed by atoms with Gasteiger partial charge in [0.2, 0.25) is 0 Å². The van der Waals surface area contributed by atoms with Crippen LogP contribution in [0.1, 0.15) is 35.4 Å². The normalized spacial score (nSPS) is 12.4. The molecule has 0 unspecified atom stereocenters. The number of aliphatic hydroxyl groups is 1. The first kappa shape index (κ1) is 23.4. The van der Waals surface area contributed by atoms with Gasteiger partial charge in [0.15, 0.2) is 6.10 Å².